The Morgan fingerprint density at radius 2 is 0.495 bits per heavy atom. The Balaban J connectivity index is 0.970. The normalized spacial score (nSPS) is 12.9. The van der Waals surface area contributed by atoms with Gasteiger partial charge >= 0.3 is 0 Å². The van der Waals surface area contributed by atoms with Gasteiger partial charge in [0.25, 0.3) is 0 Å². The smallest absolute Gasteiger partial charge is 0.0728 e. The number of benzene rings is 15. The monoisotopic (exact) mass is 1190 g/mol. The van der Waals surface area contributed by atoms with Gasteiger partial charge in [-0.1, -0.05) is 231 Å². The summed E-state index contributed by atoms with van der Waals surface area (Å²) in [5.41, 5.74) is 24.8. The second-order valence-corrected chi connectivity index (χ2v) is 24.6. The van der Waals surface area contributed by atoms with Crippen molar-refractivity contribution in [3.05, 3.63) is 385 Å². The van der Waals surface area contributed by atoms with Gasteiger partial charge in [0.1, 0.15) is 0 Å². The summed E-state index contributed by atoms with van der Waals surface area (Å²) in [6, 6.07) is 127. The molecule has 438 valence electrons. The molecule has 0 bridgehead atoms. The van der Waals surface area contributed by atoms with Gasteiger partial charge in [0, 0.05) is 67.3 Å². The van der Waals surface area contributed by atoms with E-state index in [4.69, 9.17) is 0 Å². The molecule has 1 spiro atoms. The van der Waals surface area contributed by atoms with Crippen molar-refractivity contribution in [1.82, 2.24) is 0 Å². The van der Waals surface area contributed by atoms with Crippen molar-refractivity contribution in [1.29, 1.82) is 0 Å². The van der Waals surface area contributed by atoms with Gasteiger partial charge in [0.05, 0.1) is 22.5 Å². The quantitative estimate of drug-likeness (QED) is 0.113. The maximum atomic E-state index is 2.57. The average Bonchev–Trinajstić information content (AvgIpc) is 1.51. The first-order chi connectivity index (χ1) is 46.2. The molecule has 15 aromatic rings. The van der Waals surface area contributed by atoms with E-state index in [1.807, 2.05) is 0 Å². The Kier molecular flexibility index (Phi) is 12.9. The highest BCUT2D eigenvalue weighted by molar-refractivity contribution is 6.05. The molecule has 3 aliphatic rings. The van der Waals surface area contributed by atoms with Crippen LogP contribution < -0.4 is 19.6 Å². The highest BCUT2D eigenvalue weighted by Crippen LogP contribution is 2.66. The van der Waals surface area contributed by atoms with Crippen molar-refractivity contribution >= 4 is 101 Å². The summed E-state index contributed by atoms with van der Waals surface area (Å²) < 4.78 is 0. The largest absolute Gasteiger partial charge is 0.310 e. The van der Waals surface area contributed by atoms with Gasteiger partial charge < -0.3 is 19.6 Å². The van der Waals surface area contributed by atoms with E-state index in [9.17, 15) is 0 Å². The lowest BCUT2D eigenvalue weighted by molar-refractivity contribution is 0.793. The molecule has 0 fully saturated rings. The minimum atomic E-state index is -0.905. The van der Waals surface area contributed by atoms with E-state index in [2.05, 4.69) is 371 Å². The fraction of sp³-hybridized carbons (Fsp3) is 0.0337. The van der Waals surface area contributed by atoms with Gasteiger partial charge in [0.15, 0.2) is 0 Å². The van der Waals surface area contributed by atoms with E-state index in [1.54, 1.807) is 0 Å². The molecule has 0 radical (unpaired) electrons. The number of para-hydroxylation sites is 4. The summed E-state index contributed by atoms with van der Waals surface area (Å²) in [7, 11) is 0. The lowest BCUT2D eigenvalue weighted by Crippen LogP contribution is -2.27. The first-order valence-corrected chi connectivity index (χ1v) is 32.3. The van der Waals surface area contributed by atoms with Crippen molar-refractivity contribution in [2.24, 2.45) is 0 Å². The van der Waals surface area contributed by atoms with E-state index >= 15 is 0 Å². The number of rotatable bonds is 12. The fourth-order valence-electron chi connectivity index (χ4n) is 15.6. The summed E-state index contributed by atoms with van der Waals surface area (Å²) in [5.74, 6) is 0. The van der Waals surface area contributed by atoms with Crippen LogP contribution >= 0.6 is 0 Å². The fourth-order valence-corrected chi connectivity index (χ4v) is 15.6. The van der Waals surface area contributed by atoms with E-state index in [0.717, 1.165) is 75.4 Å². The molecule has 0 heterocycles. The first kappa shape index (κ1) is 54.0. The molecule has 4 heteroatoms. The van der Waals surface area contributed by atoms with Gasteiger partial charge in [-0.2, -0.15) is 0 Å². The molecular weight excluding hydrogens is 1130 g/mol. The Morgan fingerprint density at radius 3 is 0.849 bits per heavy atom. The van der Waals surface area contributed by atoms with Gasteiger partial charge in [-0.3, -0.25) is 0 Å². The molecule has 0 aliphatic heterocycles. The number of hydrogen-bond donors (Lipinski definition) is 0. The lowest BCUT2D eigenvalue weighted by Gasteiger charge is -2.35. The van der Waals surface area contributed by atoms with Crippen LogP contribution in [-0.4, -0.2) is 0 Å². The molecular formula is C89H62N4. The van der Waals surface area contributed by atoms with Crippen molar-refractivity contribution in [3.8, 4) is 22.3 Å². The Labute approximate surface area is 542 Å². The van der Waals surface area contributed by atoms with Crippen LogP contribution in [0.1, 0.15) is 33.4 Å². The predicted molar refractivity (Wildman–Crippen MR) is 391 cm³/mol. The lowest BCUT2D eigenvalue weighted by atomic mass is 9.70. The van der Waals surface area contributed by atoms with E-state index in [1.165, 1.54) is 93.6 Å². The number of allylic oxidation sites excluding steroid dienone is 2. The SMILES string of the molecule is C1=CCc2c(cccc2N(c2ccccc2)c2ccc3c(c2)C2(c4cc(N(c5ccccc5)c5cccc6ccccc56)ccc4-3)c3cc(N(c4ccccc4)c4cccc5ccccc45)ccc3-c3ccc(N(c4ccccc4)c4cccc5ccccc45)cc32)C1. The standard InChI is InChI=1S/C89H62N4/c1-5-33-65(34-6-1)90(85-45-21-29-61-25-13-17-41-73(61)85)69-49-53-77-78-54-50-70(91(66-35-7-2-8-36-66)86-46-22-30-62-26-14-18-42-74(62)86)58-82(78)89(81(77)57-69)83-59-71(92(67-37-9-3-10-38-67)87-47-23-31-63-27-15-19-43-75(63)87)51-55-79(83)80-56-52-72(60-84(80)89)93(68-39-11-4-12-40-68)88-48-24-32-64-28-16-20-44-76(64)88/h1-27,29-43,45-60H,28,44H2. The molecule has 4 nitrogen and oxygen atoms in total. The van der Waals surface area contributed by atoms with Crippen LogP contribution in [0.25, 0.3) is 54.6 Å². The topological polar surface area (TPSA) is 13.0 Å². The van der Waals surface area contributed by atoms with E-state index in [-0.39, 0.29) is 0 Å². The summed E-state index contributed by atoms with van der Waals surface area (Å²) in [6.45, 7) is 0. The minimum Gasteiger partial charge on any atom is -0.310 e. The molecule has 0 saturated heterocycles. The molecule has 18 rings (SSSR count). The van der Waals surface area contributed by atoms with Crippen LogP contribution in [0.15, 0.2) is 352 Å². The summed E-state index contributed by atoms with van der Waals surface area (Å²) in [4.78, 5) is 9.96. The number of nitrogens with zero attached hydrogens (tertiary/aromatic N) is 4. The first-order valence-electron chi connectivity index (χ1n) is 32.3. The van der Waals surface area contributed by atoms with Crippen LogP contribution in [-0.2, 0) is 18.3 Å². The summed E-state index contributed by atoms with van der Waals surface area (Å²) >= 11 is 0. The minimum absolute atomic E-state index is 0.863. The van der Waals surface area contributed by atoms with Gasteiger partial charge in [-0.05, 0) is 206 Å². The average molecular weight is 1190 g/mol. The molecule has 0 unspecified atom stereocenters. The Hall–Kier alpha value is -12.0. The van der Waals surface area contributed by atoms with Crippen molar-refractivity contribution in [2.45, 2.75) is 18.3 Å². The Bertz CT molecular complexity index is 5050. The van der Waals surface area contributed by atoms with Gasteiger partial charge in [0.2, 0.25) is 0 Å². The predicted octanol–water partition coefficient (Wildman–Crippen LogP) is 24.0. The highest BCUT2D eigenvalue weighted by Gasteiger charge is 2.53. The molecule has 0 N–H and O–H groups in total. The zero-order chi connectivity index (χ0) is 61.4. The Morgan fingerprint density at radius 1 is 0.215 bits per heavy atom. The number of anilines is 12. The van der Waals surface area contributed by atoms with Crippen LogP contribution in [0.5, 0.6) is 0 Å². The molecule has 93 heavy (non-hydrogen) atoms. The summed E-state index contributed by atoms with van der Waals surface area (Å²) in [5, 5.41) is 7.11. The molecule has 3 aliphatic carbocycles. The van der Waals surface area contributed by atoms with Crippen LogP contribution in [0.2, 0.25) is 0 Å². The number of fused-ring (bicyclic) bond motifs is 14. The van der Waals surface area contributed by atoms with Gasteiger partial charge in [-0.25, -0.2) is 0 Å². The van der Waals surface area contributed by atoms with Crippen molar-refractivity contribution in [2.75, 3.05) is 19.6 Å². The zero-order valence-electron chi connectivity index (χ0n) is 51.2. The highest BCUT2D eigenvalue weighted by atomic mass is 15.2. The van der Waals surface area contributed by atoms with E-state index < -0.39 is 5.41 Å². The molecule has 0 aromatic heterocycles. The maximum Gasteiger partial charge on any atom is 0.0728 e. The maximum absolute atomic E-state index is 2.57. The molecule has 15 aromatic carbocycles. The third-order valence-electron chi connectivity index (χ3n) is 19.6. The van der Waals surface area contributed by atoms with Crippen LogP contribution in [0.3, 0.4) is 0 Å². The second kappa shape index (κ2) is 22.2. The van der Waals surface area contributed by atoms with Gasteiger partial charge in [-0.15, -0.1) is 0 Å². The molecule has 0 saturated carbocycles. The molecule has 0 amide bonds. The van der Waals surface area contributed by atoms with E-state index in [0.29, 0.717) is 0 Å². The third-order valence-corrected chi connectivity index (χ3v) is 19.6. The van der Waals surface area contributed by atoms with Crippen LogP contribution in [0, 0.1) is 0 Å². The second-order valence-electron chi connectivity index (χ2n) is 24.6. The summed E-state index contributed by atoms with van der Waals surface area (Å²) in [6.07, 6.45) is 6.43. The van der Waals surface area contributed by atoms with Crippen molar-refractivity contribution < 1.29 is 0 Å². The number of hydrogen-bond acceptors (Lipinski definition) is 4. The zero-order valence-corrected chi connectivity index (χ0v) is 51.2. The van der Waals surface area contributed by atoms with Crippen LogP contribution in [0.4, 0.5) is 68.2 Å². The third kappa shape index (κ3) is 8.74. The van der Waals surface area contributed by atoms with Crippen molar-refractivity contribution in [3.63, 3.8) is 0 Å². The molecule has 0 atom stereocenters.